The van der Waals surface area contributed by atoms with Crippen molar-refractivity contribution in [2.24, 2.45) is 0 Å². The Morgan fingerprint density at radius 3 is 2.78 bits per heavy atom. The van der Waals surface area contributed by atoms with Crippen molar-refractivity contribution in [3.05, 3.63) is 48.3 Å². The van der Waals surface area contributed by atoms with Gasteiger partial charge in [0.05, 0.1) is 22.1 Å². The van der Waals surface area contributed by atoms with Gasteiger partial charge in [0.25, 0.3) is 0 Å². The molecule has 0 radical (unpaired) electrons. The molecule has 1 aromatic carbocycles. The highest BCUT2D eigenvalue weighted by atomic mass is 32.1. The number of benzene rings is 1. The van der Waals surface area contributed by atoms with E-state index in [1.165, 1.54) is 0 Å². The fourth-order valence-electron chi connectivity index (χ4n) is 1.58. The molecule has 0 saturated heterocycles. The Morgan fingerprint density at radius 2 is 2.06 bits per heavy atom. The summed E-state index contributed by atoms with van der Waals surface area (Å²) >= 11 is 1.59. The van der Waals surface area contributed by atoms with E-state index in [1.807, 2.05) is 36.4 Å². The fourth-order valence-corrected chi connectivity index (χ4v) is 2.47. The zero-order valence-corrected chi connectivity index (χ0v) is 10.1. The van der Waals surface area contributed by atoms with Crippen LogP contribution >= 0.6 is 11.3 Å². The predicted molar refractivity (Wildman–Crippen MR) is 71.9 cm³/mol. The number of pyridine rings is 1. The zero-order chi connectivity index (χ0) is 12.4. The number of rotatable bonds is 2. The number of fused-ring (bicyclic) bond motifs is 1. The van der Waals surface area contributed by atoms with Gasteiger partial charge in [-0.15, -0.1) is 0 Å². The van der Waals surface area contributed by atoms with E-state index in [9.17, 15) is 0 Å². The Labute approximate surface area is 108 Å². The summed E-state index contributed by atoms with van der Waals surface area (Å²) in [6.07, 6.45) is 1.63. The first-order chi connectivity index (χ1) is 8.85. The quantitative estimate of drug-likeness (QED) is 0.760. The first-order valence-corrected chi connectivity index (χ1v) is 6.15. The third-order valence-electron chi connectivity index (χ3n) is 2.42. The summed E-state index contributed by atoms with van der Waals surface area (Å²) in [5.74, 6) is 0. The minimum atomic E-state index is 0.407. The van der Waals surface area contributed by atoms with Crippen molar-refractivity contribution >= 4 is 32.4 Å². The van der Waals surface area contributed by atoms with Gasteiger partial charge in [-0.1, -0.05) is 23.5 Å². The number of hydrogen-bond donors (Lipinski definition) is 1. The maximum atomic E-state index is 8.67. The Morgan fingerprint density at radius 1 is 1.17 bits per heavy atom. The van der Waals surface area contributed by atoms with Crippen LogP contribution in [0.2, 0.25) is 0 Å². The van der Waals surface area contributed by atoms with Crippen LogP contribution in [0.15, 0.2) is 42.6 Å². The van der Waals surface area contributed by atoms with Crippen LogP contribution in [0.4, 0.5) is 10.8 Å². The molecule has 0 aliphatic heterocycles. The Hall–Kier alpha value is -2.45. The normalized spacial score (nSPS) is 10.2. The molecule has 0 spiro atoms. The minimum absolute atomic E-state index is 0.407. The molecule has 4 nitrogen and oxygen atoms in total. The maximum absolute atomic E-state index is 8.67. The first-order valence-electron chi connectivity index (χ1n) is 5.34. The van der Waals surface area contributed by atoms with Gasteiger partial charge in [-0.05, 0) is 24.3 Å². The lowest BCUT2D eigenvalue weighted by molar-refractivity contribution is 1.26. The third kappa shape index (κ3) is 2.01. The number of hydrogen-bond acceptors (Lipinski definition) is 5. The molecular formula is C13H8N4S. The summed E-state index contributed by atoms with van der Waals surface area (Å²) in [6, 6.07) is 13.5. The summed E-state index contributed by atoms with van der Waals surface area (Å²) in [6.45, 7) is 0. The summed E-state index contributed by atoms with van der Waals surface area (Å²) in [7, 11) is 0. The Balaban J connectivity index is 1.89. The van der Waals surface area contributed by atoms with E-state index < -0.39 is 0 Å². The highest BCUT2D eigenvalue weighted by Gasteiger charge is 2.03. The lowest BCUT2D eigenvalue weighted by Crippen LogP contribution is -1.90. The highest BCUT2D eigenvalue weighted by molar-refractivity contribution is 7.22. The second-order valence-corrected chi connectivity index (χ2v) is 4.69. The summed E-state index contributed by atoms with van der Waals surface area (Å²) in [4.78, 5) is 8.47. The molecule has 86 valence electrons. The highest BCUT2D eigenvalue weighted by Crippen LogP contribution is 2.27. The van der Waals surface area contributed by atoms with Crippen LogP contribution in [0.1, 0.15) is 5.69 Å². The lowest BCUT2D eigenvalue weighted by atomic mass is 10.3. The van der Waals surface area contributed by atoms with E-state index in [2.05, 4.69) is 15.3 Å². The third-order valence-corrected chi connectivity index (χ3v) is 3.38. The van der Waals surface area contributed by atoms with Gasteiger partial charge in [0, 0.05) is 0 Å². The second kappa shape index (κ2) is 4.43. The summed E-state index contributed by atoms with van der Waals surface area (Å²) < 4.78 is 1.14. The molecule has 0 saturated carbocycles. The van der Waals surface area contributed by atoms with Crippen LogP contribution < -0.4 is 5.32 Å². The minimum Gasteiger partial charge on any atom is -0.330 e. The molecule has 0 aliphatic rings. The zero-order valence-electron chi connectivity index (χ0n) is 9.29. The molecule has 0 unspecified atom stereocenters. The Bertz CT molecular complexity index is 692. The molecule has 1 N–H and O–H groups in total. The Kier molecular flexibility index (Phi) is 2.63. The van der Waals surface area contributed by atoms with Gasteiger partial charge >= 0.3 is 0 Å². The van der Waals surface area contributed by atoms with Crippen molar-refractivity contribution in [1.29, 1.82) is 5.26 Å². The van der Waals surface area contributed by atoms with E-state index >= 15 is 0 Å². The smallest absolute Gasteiger partial charge is 0.188 e. The summed E-state index contributed by atoms with van der Waals surface area (Å²) in [5, 5.41) is 12.7. The molecule has 0 aliphatic carbocycles. The first kappa shape index (κ1) is 10.7. The molecule has 0 fully saturated rings. The molecule has 2 heterocycles. The van der Waals surface area contributed by atoms with Gasteiger partial charge in [-0.3, -0.25) is 0 Å². The van der Waals surface area contributed by atoms with Gasteiger partial charge < -0.3 is 5.32 Å². The van der Waals surface area contributed by atoms with Crippen LogP contribution in [0.25, 0.3) is 10.2 Å². The van der Waals surface area contributed by atoms with Crippen molar-refractivity contribution in [3.63, 3.8) is 0 Å². The second-order valence-electron chi connectivity index (χ2n) is 3.66. The molecule has 18 heavy (non-hydrogen) atoms. The van der Waals surface area contributed by atoms with Crippen LogP contribution in [0, 0.1) is 11.3 Å². The summed E-state index contributed by atoms with van der Waals surface area (Å²) in [5.41, 5.74) is 2.21. The van der Waals surface area contributed by atoms with Gasteiger partial charge in [-0.25, -0.2) is 9.97 Å². The van der Waals surface area contributed by atoms with Crippen LogP contribution in [-0.4, -0.2) is 9.97 Å². The molecular weight excluding hydrogens is 244 g/mol. The standard InChI is InChI=1S/C13H8N4S/c14-7-9-5-6-10(8-15-9)16-13-17-11-3-1-2-4-12(11)18-13/h1-6,8H,(H,16,17). The number of nitrogens with zero attached hydrogens (tertiary/aromatic N) is 3. The topological polar surface area (TPSA) is 61.6 Å². The number of nitriles is 1. The molecule has 2 aromatic heterocycles. The van der Waals surface area contributed by atoms with Crippen molar-refractivity contribution in [2.75, 3.05) is 5.32 Å². The van der Waals surface area contributed by atoms with Gasteiger partial charge in [-0.2, -0.15) is 5.26 Å². The van der Waals surface area contributed by atoms with Crippen molar-refractivity contribution in [1.82, 2.24) is 9.97 Å². The number of anilines is 2. The predicted octanol–water partition coefficient (Wildman–Crippen LogP) is 3.31. The number of aromatic nitrogens is 2. The largest absolute Gasteiger partial charge is 0.330 e. The molecule has 0 bridgehead atoms. The van der Waals surface area contributed by atoms with E-state index in [0.717, 1.165) is 21.0 Å². The van der Waals surface area contributed by atoms with Crippen molar-refractivity contribution < 1.29 is 0 Å². The van der Waals surface area contributed by atoms with Crippen LogP contribution in [-0.2, 0) is 0 Å². The lowest BCUT2D eigenvalue weighted by Gasteiger charge is -2.00. The maximum Gasteiger partial charge on any atom is 0.188 e. The van der Waals surface area contributed by atoms with Crippen LogP contribution in [0.5, 0.6) is 0 Å². The molecule has 3 aromatic rings. The molecule has 0 amide bonds. The number of para-hydroxylation sites is 1. The van der Waals surface area contributed by atoms with E-state index in [-0.39, 0.29) is 0 Å². The van der Waals surface area contributed by atoms with E-state index in [4.69, 9.17) is 5.26 Å². The van der Waals surface area contributed by atoms with E-state index in [1.54, 1.807) is 23.6 Å². The van der Waals surface area contributed by atoms with Gasteiger partial charge in [0.15, 0.2) is 5.13 Å². The van der Waals surface area contributed by atoms with Gasteiger partial charge in [0.1, 0.15) is 11.8 Å². The number of nitrogens with one attached hydrogen (secondary N) is 1. The average molecular weight is 252 g/mol. The molecule has 5 heteroatoms. The fraction of sp³-hybridized carbons (Fsp3) is 0. The number of thiazole rings is 1. The molecule has 0 atom stereocenters. The molecule has 3 rings (SSSR count). The van der Waals surface area contributed by atoms with Crippen molar-refractivity contribution in [3.8, 4) is 6.07 Å². The van der Waals surface area contributed by atoms with Crippen LogP contribution in [0.3, 0.4) is 0 Å². The average Bonchev–Trinajstić information content (AvgIpc) is 2.82. The van der Waals surface area contributed by atoms with Crippen molar-refractivity contribution in [2.45, 2.75) is 0 Å². The monoisotopic (exact) mass is 252 g/mol. The van der Waals surface area contributed by atoms with E-state index in [0.29, 0.717) is 5.69 Å². The van der Waals surface area contributed by atoms with Gasteiger partial charge in [0.2, 0.25) is 0 Å². The SMILES string of the molecule is N#Cc1ccc(Nc2nc3ccccc3s2)cn1.